The van der Waals surface area contributed by atoms with Gasteiger partial charge in [0.15, 0.2) is 0 Å². The quantitative estimate of drug-likeness (QED) is 0.296. The second-order valence-corrected chi connectivity index (χ2v) is 9.24. The lowest BCUT2D eigenvalue weighted by Gasteiger charge is -2.13. The molecule has 5 nitrogen and oxygen atoms in total. The number of nitrogens with zero attached hydrogens (tertiary/aromatic N) is 2. The van der Waals surface area contributed by atoms with Crippen LogP contribution in [0.1, 0.15) is 30.4 Å². The topological polar surface area (TPSA) is 46.9 Å². The van der Waals surface area contributed by atoms with Gasteiger partial charge >= 0.3 is 0 Å². The molecule has 0 amide bonds. The molecule has 0 unspecified atom stereocenters. The van der Waals surface area contributed by atoms with Gasteiger partial charge in [-0.25, -0.2) is 0 Å². The summed E-state index contributed by atoms with van der Waals surface area (Å²) in [6.45, 7) is 5.47. The van der Waals surface area contributed by atoms with Gasteiger partial charge in [0.25, 0.3) is 0 Å². The molecule has 1 N–H and O–H groups in total. The lowest BCUT2D eigenvalue weighted by atomic mass is 10.1. The zero-order valence-corrected chi connectivity index (χ0v) is 21.5. The van der Waals surface area contributed by atoms with Crippen LogP contribution in [-0.2, 0) is 17.9 Å². The molecule has 5 rings (SSSR count). The molecule has 1 aliphatic heterocycles. The van der Waals surface area contributed by atoms with Crippen molar-refractivity contribution in [3.63, 3.8) is 0 Å². The first-order chi connectivity index (χ1) is 17.7. The third-order valence-electron chi connectivity index (χ3n) is 6.76. The van der Waals surface area contributed by atoms with Crippen molar-refractivity contribution in [1.29, 1.82) is 0 Å². The van der Waals surface area contributed by atoms with Gasteiger partial charge in [-0.2, -0.15) is 0 Å². The number of fused-ring (bicyclic) bond motifs is 1. The molecular formula is C31H38N2O3. The maximum atomic E-state index is 9.45. The van der Waals surface area contributed by atoms with E-state index in [4.69, 9.17) is 9.47 Å². The maximum absolute atomic E-state index is 9.45. The van der Waals surface area contributed by atoms with Gasteiger partial charge in [-0.15, -0.1) is 0 Å². The molecule has 0 aliphatic carbocycles. The van der Waals surface area contributed by atoms with Crippen LogP contribution < -0.4 is 4.74 Å². The van der Waals surface area contributed by atoms with Crippen LogP contribution in [-0.4, -0.2) is 55.0 Å². The summed E-state index contributed by atoms with van der Waals surface area (Å²) >= 11 is 0. The summed E-state index contributed by atoms with van der Waals surface area (Å²) in [7, 11) is 3.41. The van der Waals surface area contributed by atoms with Gasteiger partial charge in [0.05, 0.1) is 13.7 Å². The van der Waals surface area contributed by atoms with Crippen LogP contribution in [0.4, 0.5) is 0 Å². The summed E-state index contributed by atoms with van der Waals surface area (Å²) in [6, 6.07) is 27.1. The fraction of sp³-hybridized carbons (Fsp3) is 0.355. The molecule has 0 atom stereocenters. The van der Waals surface area contributed by atoms with Crippen molar-refractivity contribution >= 4 is 10.9 Å². The molecule has 36 heavy (non-hydrogen) atoms. The highest BCUT2D eigenvalue weighted by Gasteiger charge is 2.12. The molecule has 0 bridgehead atoms. The number of hydrogen-bond donors (Lipinski definition) is 1. The third-order valence-corrected chi connectivity index (χ3v) is 6.76. The van der Waals surface area contributed by atoms with E-state index in [0.29, 0.717) is 0 Å². The molecule has 1 saturated heterocycles. The summed E-state index contributed by atoms with van der Waals surface area (Å²) in [5.41, 5.74) is 5.53. The van der Waals surface area contributed by atoms with Gasteiger partial charge in [0.1, 0.15) is 5.75 Å². The number of likely N-dealkylation sites (tertiary alicyclic amines) is 1. The van der Waals surface area contributed by atoms with Crippen LogP contribution in [0.5, 0.6) is 5.75 Å². The predicted octanol–water partition coefficient (Wildman–Crippen LogP) is 5.98. The van der Waals surface area contributed by atoms with Crippen molar-refractivity contribution < 1.29 is 14.6 Å². The Kier molecular flexibility index (Phi) is 9.56. The highest BCUT2D eigenvalue weighted by Crippen LogP contribution is 2.30. The summed E-state index contributed by atoms with van der Waals surface area (Å²) < 4.78 is 12.7. The molecule has 0 radical (unpaired) electrons. The highest BCUT2D eigenvalue weighted by atomic mass is 16.5. The van der Waals surface area contributed by atoms with Gasteiger partial charge < -0.3 is 24.0 Å². The van der Waals surface area contributed by atoms with Crippen molar-refractivity contribution in [2.24, 2.45) is 0 Å². The van der Waals surface area contributed by atoms with Gasteiger partial charge in [0, 0.05) is 49.0 Å². The van der Waals surface area contributed by atoms with E-state index in [9.17, 15) is 5.11 Å². The summed E-state index contributed by atoms with van der Waals surface area (Å²) in [5.74, 6) is 0.725. The molecule has 4 aromatic rings. The minimum Gasteiger partial charge on any atom is -0.496 e. The van der Waals surface area contributed by atoms with Crippen molar-refractivity contribution in [3.8, 4) is 17.0 Å². The van der Waals surface area contributed by atoms with E-state index >= 15 is 0 Å². The van der Waals surface area contributed by atoms with Crippen molar-refractivity contribution in [1.82, 2.24) is 9.47 Å². The van der Waals surface area contributed by atoms with Gasteiger partial charge in [0.2, 0.25) is 0 Å². The standard InChI is InChI=1S/C23H21NO2.C8H17NO/c1-26-23-13-17(11-12-20(23)16-25)15-24-21-10-6-5-9-19(21)14-22(24)18-7-3-2-4-8-18;1-10-8-4-7-9-5-2-3-6-9/h2-14,25H,15-16H2,1H3;2-8H2,1H3. The Morgan fingerprint density at radius 3 is 2.33 bits per heavy atom. The van der Waals surface area contributed by atoms with E-state index in [1.165, 1.54) is 61.1 Å². The van der Waals surface area contributed by atoms with Crippen molar-refractivity contribution in [2.75, 3.05) is 40.5 Å². The second-order valence-electron chi connectivity index (χ2n) is 9.24. The van der Waals surface area contributed by atoms with E-state index in [0.717, 1.165) is 30.0 Å². The van der Waals surface area contributed by atoms with E-state index in [1.807, 2.05) is 18.2 Å². The smallest absolute Gasteiger partial charge is 0.124 e. The molecule has 0 saturated carbocycles. The number of methoxy groups -OCH3 is 2. The predicted molar refractivity (Wildman–Crippen MR) is 148 cm³/mol. The van der Waals surface area contributed by atoms with Crippen LogP contribution in [0, 0.1) is 0 Å². The molecule has 1 aromatic heterocycles. The van der Waals surface area contributed by atoms with Crippen LogP contribution in [0.2, 0.25) is 0 Å². The first-order valence-electron chi connectivity index (χ1n) is 12.8. The van der Waals surface area contributed by atoms with E-state index < -0.39 is 0 Å². The Morgan fingerprint density at radius 1 is 0.861 bits per heavy atom. The number of aliphatic hydroxyl groups is 1. The molecular weight excluding hydrogens is 448 g/mol. The highest BCUT2D eigenvalue weighted by molar-refractivity contribution is 5.87. The average molecular weight is 487 g/mol. The number of hydrogen-bond acceptors (Lipinski definition) is 4. The van der Waals surface area contributed by atoms with Gasteiger partial charge in [-0.3, -0.25) is 0 Å². The Morgan fingerprint density at radius 2 is 1.61 bits per heavy atom. The van der Waals surface area contributed by atoms with Crippen LogP contribution in [0.3, 0.4) is 0 Å². The second kappa shape index (κ2) is 13.3. The number of rotatable bonds is 9. The average Bonchev–Trinajstić information content (AvgIpc) is 3.58. The van der Waals surface area contributed by atoms with Crippen molar-refractivity contribution in [2.45, 2.75) is 32.4 Å². The van der Waals surface area contributed by atoms with E-state index in [2.05, 4.69) is 70.1 Å². The largest absolute Gasteiger partial charge is 0.496 e. The first-order valence-corrected chi connectivity index (χ1v) is 12.8. The van der Waals surface area contributed by atoms with Crippen LogP contribution in [0.15, 0.2) is 78.9 Å². The maximum Gasteiger partial charge on any atom is 0.124 e. The van der Waals surface area contributed by atoms with Gasteiger partial charge in [-0.1, -0.05) is 60.7 Å². The van der Waals surface area contributed by atoms with E-state index in [1.54, 1.807) is 14.2 Å². The number of aliphatic hydroxyl groups excluding tert-OH is 1. The minimum absolute atomic E-state index is 0.0226. The third kappa shape index (κ3) is 6.55. The Labute approximate surface area is 214 Å². The summed E-state index contributed by atoms with van der Waals surface area (Å²) in [6.07, 6.45) is 3.98. The monoisotopic (exact) mass is 486 g/mol. The lowest BCUT2D eigenvalue weighted by molar-refractivity contribution is 0.179. The molecule has 2 heterocycles. The summed E-state index contributed by atoms with van der Waals surface area (Å²) in [4.78, 5) is 2.51. The molecule has 1 fully saturated rings. The zero-order valence-electron chi connectivity index (χ0n) is 21.5. The molecule has 3 aromatic carbocycles. The van der Waals surface area contributed by atoms with Crippen molar-refractivity contribution in [3.05, 3.63) is 90.0 Å². The zero-order chi connectivity index (χ0) is 25.2. The molecule has 0 spiro atoms. The van der Waals surface area contributed by atoms with Gasteiger partial charge in [-0.05, 0) is 61.7 Å². The fourth-order valence-corrected chi connectivity index (χ4v) is 4.87. The van der Waals surface area contributed by atoms with E-state index in [-0.39, 0.29) is 6.61 Å². The number of benzene rings is 3. The molecule has 190 valence electrons. The molecule has 1 aliphatic rings. The minimum atomic E-state index is -0.0226. The normalized spacial score (nSPS) is 13.5. The SMILES string of the molecule is COCCCN1CCCC1.COc1cc(Cn2c(-c3ccccc3)cc3ccccc32)ccc1CO. The lowest BCUT2D eigenvalue weighted by Crippen LogP contribution is -2.21. The Balaban J connectivity index is 0.000000256. The Hall–Kier alpha value is -3.12. The Bertz CT molecular complexity index is 1210. The number of ether oxygens (including phenoxy) is 2. The van der Waals surface area contributed by atoms with Crippen LogP contribution >= 0.6 is 0 Å². The first kappa shape index (κ1) is 26.0. The molecule has 5 heteroatoms. The summed E-state index contributed by atoms with van der Waals surface area (Å²) in [5, 5.41) is 10.7. The number of aromatic nitrogens is 1. The fourth-order valence-electron chi connectivity index (χ4n) is 4.87. The number of para-hydroxylation sites is 1. The van der Waals surface area contributed by atoms with Crippen LogP contribution in [0.25, 0.3) is 22.2 Å².